The van der Waals surface area contributed by atoms with Gasteiger partial charge in [0.2, 0.25) is 11.8 Å². The van der Waals surface area contributed by atoms with Gasteiger partial charge in [-0.15, -0.1) is 0 Å². The fourth-order valence-electron chi connectivity index (χ4n) is 6.81. The van der Waals surface area contributed by atoms with Gasteiger partial charge in [0.25, 0.3) is 5.56 Å². The summed E-state index contributed by atoms with van der Waals surface area (Å²) in [6.07, 6.45) is 0. The second-order valence-electron chi connectivity index (χ2n) is 10.9. The molecule has 9 heteroatoms. The van der Waals surface area contributed by atoms with Crippen molar-refractivity contribution >= 4 is 34.4 Å². The summed E-state index contributed by atoms with van der Waals surface area (Å²) >= 11 is 0. The molecule has 4 heterocycles. The topological polar surface area (TPSA) is 111 Å². The van der Waals surface area contributed by atoms with Crippen molar-refractivity contribution < 1.29 is 19.1 Å². The van der Waals surface area contributed by atoms with Crippen LogP contribution in [-0.4, -0.2) is 33.4 Å². The van der Waals surface area contributed by atoms with E-state index >= 15 is 0 Å². The number of aromatic nitrogens is 2. The monoisotopic (exact) mass is 534 g/mol. The average Bonchev–Trinajstić information content (AvgIpc) is 3.53. The van der Waals surface area contributed by atoms with Crippen LogP contribution in [0.2, 0.25) is 0 Å². The van der Waals surface area contributed by atoms with E-state index in [0.29, 0.717) is 33.9 Å². The Morgan fingerprint density at radius 2 is 1.65 bits per heavy atom. The molecule has 0 aliphatic carbocycles. The van der Waals surface area contributed by atoms with Gasteiger partial charge >= 0.3 is 5.97 Å². The van der Waals surface area contributed by atoms with Crippen molar-refractivity contribution in [2.75, 3.05) is 4.90 Å². The number of rotatable bonds is 3. The highest BCUT2D eigenvalue weighted by atomic mass is 16.5. The Morgan fingerprint density at radius 1 is 0.950 bits per heavy atom. The highest BCUT2D eigenvalue weighted by Gasteiger charge is 2.70. The molecule has 0 radical (unpaired) electrons. The fraction of sp³-hybridized carbons (Fsp3) is 0.258. The van der Waals surface area contributed by atoms with Crippen molar-refractivity contribution in [1.82, 2.24) is 14.9 Å². The maximum atomic E-state index is 14.4. The minimum Gasteiger partial charge on any atom is -0.427 e. The minimum atomic E-state index is -1.18. The first-order chi connectivity index (χ1) is 19.2. The van der Waals surface area contributed by atoms with Crippen LogP contribution in [0.1, 0.15) is 32.2 Å². The summed E-state index contributed by atoms with van der Waals surface area (Å²) in [4.78, 5) is 60.0. The van der Waals surface area contributed by atoms with Crippen molar-refractivity contribution in [3.63, 3.8) is 0 Å². The number of esters is 1. The molecule has 3 aliphatic heterocycles. The Kier molecular flexibility index (Phi) is 5.15. The molecular weight excluding hydrogens is 508 g/mol. The molecule has 4 unspecified atom stereocenters. The van der Waals surface area contributed by atoms with Gasteiger partial charge in [-0.2, -0.15) is 0 Å². The predicted octanol–water partition coefficient (Wildman–Crippen LogP) is 3.30. The Labute approximate surface area is 229 Å². The number of para-hydroxylation sites is 2. The number of hydrogen-bond acceptors (Lipinski definition) is 7. The molecule has 2 saturated heterocycles. The van der Waals surface area contributed by atoms with E-state index in [1.54, 1.807) is 47.0 Å². The van der Waals surface area contributed by atoms with Crippen LogP contribution in [0.3, 0.4) is 0 Å². The van der Waals surface area contributed by atoms with Gasteiger partial charge in [-0.05, 0) is 48.4 Å². The van der Waals surface area contributed by atoms with Gasteiger partial charge < -0.3 is 4.74 Å². The SMILES string of the molecule is CC(=O)Oc1ccc(N2C(=O)C3C(C(C)C)NC4(c5ccccc5-n5c4nc4ccccc4c5=O)C3C2=O)cc1. The Morgan fingerprint density at radius 3 is 2.38 bits per heavy atom. The van der Waals surface area contributed by atoms with Crippen LogP contribution in [0.5, 0.6) is 5.75 Å². The summed E-state index contributed by atoms with van der Waals surface area (Å²) in [7, 11) is 0. The molecule has 1 N–H and O–H groups in total. The van der Waals surface area contributed by atoms with Crippen LogP contribution in [-0.2, 0) is 19.9 Å². The molecule has 40 heavy (non-hydrogen) atoms. The van der Waals surface area contributed by atoms with E-state index in [0.717, 1.165) is 5.56 Å². The van der Waals surface area contributed by atoms with E-state index < -0.39 is 23.3 Å². The molecule has 200 valence electrons. The zero-order valence-electron chi connectivity index (χ0n) is 22.1. The summed E-state index contributed by atoms with van der Waals surface area (Å²) in [6.45, 7) is 5.34. The maximum absolute atomic E-state index is 14.4. The highest BCUT2D eigenvalue weighted by Crippen LogP contribution is 2.56. The number of carbonyl (C=O) groups excluding carboxylic acids is 3. The molecule has 9 nitrogen and oxygen atoms in total. The first-order valence-corrected chi connectivity index (χ1v) is 13.3. The highest BCUT2D eigenvalue weighted by molar-refractivity contribution is 6.23. The third-order valence-electron chi connectivity index (χ3n) is 8.37. The summed E-state index contributed by atoms with van der Waals surface area (Å²) < 4.78 is 6.73. The third-order valence-corrected chi connectivity index (χ3v) is 8.37. The predicted molar refractivity (Wildman–Crippen MR) is 147 cm³/mol. The number of nitrogens with zero attached hydrogens (tertiary/aromatic N) is 3. The largest absolute Gasteiger partial charge is 0.427 e. The van der Waals surface area contributed by atoms with Crippen LogP contribution < -0.4 is 20.5 Å². The zero-order valence-corrected chi connectivity index (χ0v) is 22.1. The summed E-state index contributed by atoms with van der Waals surface area (Å²) in [5.74, 6) is -1.90. The van der Waals surface area contributed by atoms with Gasteiger partial charge in [-0.25, -0.2) is 9.88 Å². The Balaban J connectivity index is 1.45. The van der Waals surface area contributed by atoms with E-state index in [1.807, 2.05) is 44.2 Å². The minimum absolute atomic E-state index is 0.00306. The van der Waals surface area contributed by atoms with E-state index in [9.17, 15) is 19.2 Å². The number of benzene rings is 3. The van der Waals surface area contributed by atoms with Crippen LogP contribution in [0, 0.1) is 17.8 Å². The Hall–Kier alpha value is -4.63. The second kappa shape index (κ2) is 8.43. The van der Waals surface area contributed by atoms with Crippen LogP contribution in [0.25, 0.3) is 16.6 Å². The fourth-order valence-corrected chi connectivity index (χ4v) is 6.81. The first-order valence-electron chi connectivity index (χ1n) is 13.3. The van der Waals surface area contributed by atoms with Crippen LogP contribution in [0.4, 0.5) is 5.69 Å². The van der Waals surface area contributed by atoms with Crippen LogP contribution in [0.15, 0.2) is 77.6 Å². The van der Waals surface area contributed by atoms with Gasteiger partial charge in [0.15, 0.2) is 0 Å². The molecule has 0 saturated carbocycles. The molecule has 4 aromatic rings. The van der Waals surface area contributed by atoms with E-state index in [-0.39, 0.29) is 29.3 Å². The number of hydrogen-bond donors (Lipinski definition) is 1. The lowest BCUT2D eigenvalue weighted by atomic mass is 9.75. The summed E-state index contributed by atoms with van der Waals surface area (Å²) in [5, 5.41) is 4.17. The molecule has 1 spiro atoms. The number of fused-ring (bicyclic) bond motifs is 8. The normalized spacial score (nSPS) is 24.6. The maximum Gasteiger partial charge on any atom is 0.308 e. The molecule has 1 aromatic heterocycles. The van der Waals surface area contributed by atoms with Crippen molar-refractivity contribution in [1.29, 1.82) is 0 Å². The third kappa shape index (κ3) is 3.09. The van der Waals surface area contributed by atoms with Crippen LogP contribution >= 0.6 is 0 Å². The molecule has 4 atom stereocenters. The lowest BCUT2D eigenvalue weighted by Gasteiger charge is -2.32. The Bertz CT molecular complexity index is 1810. The number of amides is 2. The van der Waals surface area contributed by atoms with Gasteiger partial charge in [-0.3, -0.25) is 29.1 Å². The lowest BCUT2D eigenvalue weighted by molar-refractivity contribution is -0.132. The van der Waals surface area contributed by atoms with Crippen molar-refractivity contribution in [3.05, 3.63) is 94.5 Å². The number of anilines is 1. The summed E-state index contributed by atoms with van der Waals surface area (Å²) in [5.41, 5.74) is 0.937. The van der Waals surface area contributed by atoms with Gasteiger partial charge in [-0.1, -0.05) is 44.2 Å². The van der Waals surface area contributed by atoms with E-state index in [2.05, 4.69) is 5.32 Å². The molecule has 3 aliphatic rings. The molecule has 7 rings (SSSR count). The van der Waals surface area contributed by atoms with Crippen molar-refractivity contribution in [2.45, 2.75) is 32.4 Å². The summed E-state index contributed by atoms with van der Waals surface area (Å²) in [6, 6.07) is 20.7. The number of carbonyl (C=O) groups is 3. The van der Waals surface area contributed by atoms with Gasteiger partial charge in [0, 0.05) is 18.5 Å². The van der Waals surface area contributed by atoms with Gasteiger partial charge in [0.05, 0.1) is 34.1 Å². The van der Waals surface area contributed by atoms with Gasteiger partial charge in [0.1, 0.15) is 17.1 Å². The second-order valence-corrected chi connectivity index (χ2v) is 10.9. The molecule has 2 fully saturated rings. The van der Waals surface area contributed by atoms with Crippen molar-refractivity contribution in [3.8, 4) is 11.4 Å². The standard InChI is InChI=1S/C31H26N4O5/c1-16(2)26-24-25(29(39)34(28(24)38)18-12-14-19(15-13-18)40-17(3)36)31(33-26)21-9-5-7-11-23(21)35-27(37)20-8-4-6-10-22(20)32-30(31)35/h4-16,24-26,33H,1-3H3. The molecular formula is C31H26N4O5. The number of imide groups is 1. The van der Waals surface area contributed by atoms with E-state index in [1.165, 1.54) is 11.8 Å². The molecule has 0 bridgehead atoms. The number of nitrogens with one attached hydrogen (secondary N) is 1. The molecule has 3 aromatic carbocycles. The molecule has 2 amide bonds. The zero-order chi connectivity index (χ0) is 27.9. The van der Waals surface area contributed by atoms with E-state index in [4.69, 9.17) is 9.72 Å². The first kappa shape index (κ1) is 24.4. The average molecular weight is 535 g/mol. The quantitative estimate of drug-likeness (QED) is 0.244. The van der Waals surface area contributed by atoms with Crippen molar-refractivity contribution in [2.24, 2.45) is 17.8 Å². The smallest absolute Gasteiger partial charge is 0.308 e. The number of ether oxygens (including phenoxy) is 1. The lowest BCUT2D eigenvalue weighted by Crippen LogP contribution is -2.51.